The summed E-state index contributed by atoms with van der Waals surface area (Å²) in [6.45, 7) is 0. The molecule has 0 unspecified atom stereocenters. The predicted octanol–water partition coefficient (Wildman–Crippen LogP) is 2.90. The van der Waals surface area contributed by atoms with Crippen LogP contribution in [0.2, 0.25) is 5.02 Å². The van der Waals surface area contributed by atoms with E-state index in [1.165, 1.54) is 24.5 Å². The fourth-order valence-electron chi connectivity index (χ4n) is 1.76. The minimum absolute atomic E-state index is 0.359. The Labute approximate surface area is 117 Å². The van der Waals surface area contributed by atoms with Gasteiger partial charge in [0.1, 0.15) is 0 Å². The highest BCUT2D eigenvalue weighted by Gasteiger charge is 2.15. The van der Waals surface area contributed by atoms with Gasteiger partial charge in [-0.3, -0.25) is 4.40 Å². The smallest absolute Gasteiger partial charge is 0.339 e. The molecule has 0 spiro atoms. The third-order valence-corrected chi connectivity index (χ3v) is 3.77. The van der Waals surface area contributed by atoms with E-state index in [0.717, 1.165) is 4.88 Å². The quantitative estimate of drug-likeness (QED) is 0.682. The Bertz CT molecular complexity index is 752. The number of rotatable bonds is 2. The zero-order chi connectivity index (χ0) is 13.4. The molecule has 0 saturated heterocycles. The number of nitrogens with zero attached hydrogens (tertiary/aromatic N) is 3. The summed E-state index contributed by atoms with van der Waals surface area (Å²) in [5.41, 5.74) is 0.871. The summed E-state index contributed by atoms with van der Waals surface area (Å²) in [7, 11) is 1.33. The minimum Gasteiger partial charge on any atom is -0.465 e. The number of thiophene rings is 1. The number of halogens is 1. The van der Waals surface area contributed by atoms with Gasteiger partial charge >= 0.3 is 5.97 Å². The molecular formula is C12H8ClN3O2S. The van der Waals surface area contributed by atoms with Gasteiger partial charge in [-0.15, -0.1) is 21.5 Å². The van der Waals surface area contributed by atoms with Gasteiger partial charge in [-0.25, -0.2) is 4.79 Å². The molecule has 0 fully saturated rings. The molecule has 0 aliphatic rings. The molecule has 0 N–H and O–H groups in total. The monoisotopic (exact) mass is 293 g/mol. The van der Waals surface area contributed by atoms with Crippen molar-refractivity contribution in [3.05, 3.63) is 40.4 Å². The van der Waals surface area contributed by atoms with Crippen LogP contribution in [0.15, 0.2) is 29.8 Å². The van der Waals surface area contributed by atoms with Gasteiger partial charge in [0.15, 0.2) is 11.5 Å². The number of hydrogen-bond acceptors (Lipinski definition) is 5. The minimum atomic E-state index is -0.449. The molecule has 19 heavy (non-hydrogen) atoms. The molecule has 0 bridgehead atoms. The standard InChI is InChI=1S/C12H8ClN3O2S/c1-18-12(17)7-5-8(13)10-14-15-11(16(10)6-7)9-3-2-4-19-9/h2-6H,1H3. The normalized spacial score (nSPS) is 10.8. The zero-order valence-corrected chi connectivity index (χ0v) is 11.4. The maximum absolute atomic E-state index is 11.6. The van der Waals surface area contributed by atoms with Crippen LogP contribution < -0.4 is 0 Å². The van der Waals surface area contributed by atoms with Crippen molar-refractivity contribution in [1.29, 1.82) is 0 Å². The summed E-state index contributed by atoms with van der Waals surface area (Å²) in [6, 6.07) is 5.38. The maximum atomic E-state index is 11.6. The number of fused-ring (bicyclic) bond motifs is 1. The van der Waals surface area contributed by atoms with Gasteiger partial charge in [0.2, 0.25) is 0 Å². The topological polar surface area (TPSA) is 56.5 Å². The SMILES string of the molecule is COC(=O)c1cc(Cl)c2nnc(-c3cccs3)n2c1. The molecule has 0 saturated carbocycles. The van der Waals surface area contributed by atoms with Gasteiger partial charge in [0, 0.05) is 6.20 Å². The number of carbonyl (C=O) groups excluding carboxylic acids is 1. The highest BCUT2D eigenvalue weighted by molar-refractivity contribution is 7.13. The first-order valence-corrected chi connectivity index (χ1v) is 6.63. The van der Waals surface area contributed by atoms with Crippen LogP contribution in [0.25, 0.3) is 16.3 Å². The molecule has 0 aromatic carbocycles. The summed E-state index contributed by atoms with van der Waals surface area (Å²) in [5, 5.41) is 10.5. The third-order valence-electron chi connectivity index (χ3n) is 2.62. The average Bonchev–Trinajstić information content (AvgIpc) is 3.05. The van der Waals surface area contributed by atoms with Crippen molar-refractivity contribution in [2.75, 3.05) is 7.11 Å². The lowest BCUT2D eigenvalue weighted by atomic mass is 10.3. The molecular weight excluding hydrogens is 286 g/mol. The van der Waals surface area contributed by atoms with Gasteiger partial charge in [0.05, 0.1) is 22.6 Å². The Kier molecular flexibility index (Phi) is 2.96. The second-order valence-corrected chi connectivity index (χ2v) is 5.12. The predicted molar refractivity (Wildman–Crippen MR) is 72.6 cm³/mol. The summed E-state index contributed by atoms with van der Waals surface area (Å²) in [4.78, 5) is 12.5. The number of carbonyl (C=O) groups is 1. The number of methoxy groups -OCH3 is 1. The maximum Gasteiger partial charge on any atom is 0.339 e. The van der Waals surface area contributed by atoms with E-state index in [-0.39, 0.29) is 0 Å². The summed E-state index contributed by atoms with van der Waals surface area (Å²) < 4.78 is 6.39. The Morgan fingerprint density at radius 1 is 1.47 bits per heavy atom. The lowest BCUT2D eigenvalue weighted by Crippen LogP contribution is -2.03. The average molecular weight is 294 g/mol. The van der Waals surface area contributed by atoms with Crippen molar-refractivity contribution in [2.24, 2.45) is 0 Å². The number of ether oxygens (including phenoxy) is 1. The van der Waals surface area contributed by atoms with E-state index in [4.69, 9.17) is 16.3 Å². The van der Waals surface area contributed by atoms with Crippen molar-refractivity contribution < 1.29 is 9.53 Å². The molecule has 0 atom stereocenters. The molecule has 96 valence electrons. The molecule has 3 heterocycles. The Morgan fingerprint density at radius 3 is 3.00 bits per heavy atom. The number of pyridine rings is 1. The van der Waals surface area contributed by atoms with Crippen molar-refractivity contribution in [3.63, 3.8) is 0 Å². The summed E-state index contributed by atoms with van der Waals surface area (Å²) in [5.74, 6) is 0.201. The van der Waals surface area contributed by atoms with E-state index in [0.29, 0.717) is 22.1 Å². The number of esters is 1. The van der Waals surface area contributed by atoms with E-state index >= 15 is 0 Å². The zero-order valence-electron chi connectivity index (χ0n) is 9.83. The van der Waals surface area contributed by atoms with E-state index < -0.39 is 5.97 Å². The van der Waals surface area contributed by atoms with Crippen molar-refractivity contribution >= 4 is 34.6 Å². The van der Waals surface area contributed by atoms with E-state index in [1.54, 1.807) is 10.6 Å². The van der Waals surface area contributed by atoms with E-state index in [2.05, 4.69) is 10.2 Å². The van der Waals surface area contributed by atoms with E-state index in [1.807, 2.05) is 17.5 Å². The summed E-state index contributed by atoms with van der Waals surface area (Å²) in [6.07, 6.45) is 1.63. The molecule has 0 aliphatic heterocycles. The molecule has 3 aromatic rings. The van der Waals surface area contributed by atoms with Gasteiger partial charge in [-0.05, 0) is 17.5 Å². The third kappa shape index (κ3) is 1.98. The van der Waals surface area contributed by atoms with Crippen LogP contribution in [-0.4, -0.2) is 27.7 Å². The van der Waals surface area contributed by atoms with Crippen LogP contribution in [0.4, 0.5) is 0 Å². The first kappa shape index (κ1) is 12.1. The van der Waals surface area contributed by atoms with Crippen LogP contribution in [-0.2, 0) is 4.74 Å². The second-order valence-electron chi connectivity index (χ2n) is 3.76. The Hall–Kier alpha value is -1.92. The highest BCUT2D eigenvalue weighted by Crippen LogP contribution is 2.26. The van der Waals surface area contributed by atoms with Crippen LogP contribution in [0.1, 0.15) is 10.4 Å². The van der Waals surface area contributed by atoms with Crippen LogP contribution in [0.5, 0.6) is 0 Å². The lowest BCUT2D eigenvalue weighted by molar-refractivity contribution is 0.0600. The van der Waals surface area contributed by atoms with Crippen LogP contribution >= 0.6 is 22.9 Å². The molecule has 3 aromatic heterocycles. The molecule has 7 heteroatoms. The Balaban J connectivity index is 2.26. The largest absolute Gasteiger partial charge is 0.465 e. The van der Waals surface area contributed by atoms with Crippen LogP contribution in [0.3, 0.4) is 0 Å². The number of aromatic nitrogens is 3. The summed E-state index contributed by atoms with van der Waals surface area (Å²) >= 11 is 7.65. The lowest BCUT2D eigenvalue weighted by Gasteiger charge is -2.03. The van der Waals surface area contributed by atoms with Gasteiger partial charge in [0.25, 0.3) is 0 Å². The van der Waals surface area contributed by atoms with Crippen molar-refractivity contribution in [3.8, 4) is 10.7 Å². The van der Waals surface area contributed by atoms with E-state index in [9.17, 15) is 4.79 Å². The number of hydrogen-bond donors (Lipinski definition) is 0. The molecule has 0 radical (unpaired) electrons. The van der Waals surface area contributed by atoms with Crippen molar-refractivity contribution in [2.45, 2.75) is 0 Å². The van der Waals surface area contributed by atoms with Gasteiger partial charge < -0.3 is 4.74 Å². The second kappa shape index (κ2) is 4.64. The fraction of sp³-hybridized carbons (Fsp3) is 0.0833. The molecule has 5 nitrogen and oxygen atoms in total. The molecule has 0 aliphatic carbocycles. The molecule has 0 amide bonds. The Morgan fingerprint density at radius 2 is 2.32 bits per heavy atom. The van der Waals surface area contributed by atoms with Crippen molar-refractivity contribution in [1.82, 2.24) is 14.6 Å². The highest BCUT2D eigenvalue weighted by atomic mass is 35.5. The first-order chi connectivity index (χ1) is 9.20. The van der Waals surface area contributed by atoms with Gasteiger partial charge in [-0.2, -0.15) is 0 Å². The van der Waals surface area contributed by atoms with Gasteiger partial charge in [-0.1, -0.05) is 17.7 Å². The van der Waals surface area contributed by atoms with Crippen LogP contribution in [0, 0.1) is 0 Å². The first-order valence-electron chi connectivity index (χ1n) is 5.37. The molecule has 3 rings (SSSR count). The fourth-order valence-corrected chi connectivity index (χ4v) is 2.71.